The molecule has 104 valence electrons. The average Bonchev–Trinajstić information content (AvgIpc) is 2.36. The van der Waals surface area contributed by atoms with E-state index in [1.54, 1.807) is 12.1 Å². The molecule has 1 heterocycles. The molecule has 1 aromatic carbocycles. The van der Waals surface area contributed by atoms with E-state index in [2.05, 4.69) is 34.7 Å². The topological polar surface area (TPSA) is 29.3 Å². The molecule has 1 aliphatic heterocycles. The molecule has 1 fully saturated rings. The molecule has 1 aliphatic rings. The van der Waals surface area contributed by atoms with Crippen LogP contribution in [0.1, 0.15) is 25.8 Å². The van der Waals surface area contributed by atoms with Crippen molar-refractivity contribution in [3.05, 3.63) is 28.0 Å². The number of piperidine rings is 1. The molecule has 2 atom stereocenters. The molecular formula is C14H18BrFN2S. The Labute approximate surface area is 127 Å². The minimum absolute atomic E-state index is 0.206. The van der Waals surface area contributed by atoms with Gasteiger partial charge in [-0.25, -0.2) is 4.39 Å². The van der Waals surface area contributed by atoms with Gasteiger partial charge in [0.25, 0.3) is 0 Å². The van der Waals surface area contributed by atoms with Crippen LogP contribution in [-0.4, -0.2) is 18.1 Å². The van der Waals surface area contributed by atoms with E-state index >= 15 is 0 Å². The minimum atomic E-state index is -0.271. The van der Waals surface area contributed by atoms with Crippen LogP contribution in [0, 0.1) is 17.7 Å². The van der Waals surface area contributed by atoms with E-state index < -0.39 is 0 Å². The Hall–Kier alpha value is -0.680. The predicted octanol–water partition coefficient (Wildman–Crippen LogP) is 3.70. The van der Waals surface area contributed by atoms with E-state index in [4.69, 9.17) is 18.0 Å². The minimum Gasteiger partial charge on any atom is -0.389 e. The third kappa shape index (κ3) is 2.92. The Morgan fingerprint density at radius 3 is 2.68 bits per heavy atom. The third-order valence-corrected chi connectivity index (χ3v) is 5.00. The number of anilines is 1. The highest BCUT2D eigenvalue weighted by Crippen LogP contribution is 2.33. The maximum atomic E-state index is 14.4. The lowest BCUT2D eigenvalue weighted by molar-refractivity contribution is 0.322. The van der Waals surface area contributed by atoms with Gasteiger partial charge >= 0.3 is 0 Å². The van der Waals surface area contributed by atoms with Gasteiger partial charge < -0.3 is 10.6 Å². The van der Waals surface area contributed by atoms with E-state index in [0.717, 1.165) is 19.5 Å². The third-order valence-electron chi connectivity index (χ3n) is 4.00. The van der Waals surface area contributed by atoms with Crippen molar-refractivity contribution < 1.29 is 4.39 Å². The molecule has 0 aromatic heterocycles. The van der Waals surface area contributed by atoms with Gasteiger partial charge in [0.2, 0.25) is 0 Å². The summed E-state index contributed by atoms with van der Waals surface area (Å²) in [7, 11) is 0. The Morgan fingerprint density at radius 2 is 2.11 bits per heavy atom. The molecule has 2 N–H and O–H groups in total. The largest absolute Gasteiger partial charge is 0.389 e. The molecule has 0 bridgehead atoms. The molecule has 2 unspecified atom stereocenters. The summed E-state index contributed by atoms with van der Waals surface area (Å²) in [5.74, 6) is 0.993. The molecular weight excluding hydrogens is 327 g/mol. The second kappa shape index (κ2) is 5.75. The highest BCUT2D eigenvalue weighted by molar-refractivity contribution is 9.10. The molecule has 19 heavy (non-hydrogen) atoms. The highest BCUT2D eigenvalue weighted by atomic mass is 79.9. The normalized spacial score (nSPS) is 23.5. The first-order chi connectivity index (χ1) is 8.91. The average molecular weight is 345 g/mol. The van der Waals surface area contributed by atoms with Crippen LogP contribution in [0.2, 0.25) is 0 Å². The summed E-state index contributed by atoms with van der Waals surface area (Å²) in [4.78, 5) is 2.31. The summed E-state index contributed by atoms with van der Waals surface area (Å²) in [5, 5.41) is 0. The second-order valence-electron chi connectivity index (χ2n) is 5.31. The van der Waals surface area contributed by atoms with Crippen LogP contribution in [0.4, 0.5) is 10.1 Å². The van der Waals surface area contributed by atoms with Crippen molar-refractivity contribution in [2.45, 2.75) is 20.3 Å². The molecule has 2 rings (SSSR count). The maximum absolute atomic E-state index is 14.4. The van der Waals surface area contributed by atoms with Gasteiger partial charge in [-0.05, 0) is 46.3 Å². The molecule has 0 amide bonds. The summed E-state index contributed by atoms with van der Waals surface area (Å²) in [6, 6.07) is 3.56. The van der Waals surface area contributed by atoms with E-state index in [1.165, 1.54) is 0 Å². The molecule has 0 aliphatic carbocycles. The molecule has 5 heteroatoms. The van der Waals surface area contributed by atoms with Gasteiger partial charge in [-0.2, -0.15) is 0 Å². The van der Waals surface area contributed by atoms with Gasteiger partial charge in [-0.3, -0.25) is 0 Å². The molecule has 0 radical (unpaired) electrons. The Bertz CT molecular complexity index is 506. The number of rotatable bonds is 2. The van der Waals surface area contributed by atoms with Crippen molar-refractivity contribution in [2.75, 3.05) is 18.0 Å². The summed E-state index contributed by atoms with van der Waals surface area (Å²) < 4.78 is 14.8. The fourth-order valence-corrected chi connectivity index (χ4v) is 3.31. The molecule has 1 saturated heterocycles. The molecule has 1 aromatic rings. The van der Waals surface area contributed by atoms with Crippen LogP contribution in [-0.2, 0) is 0 Å². The number of hydrogen-bond donors (Lipinski definition) is 1. The van der Waals surface area contributed by atoms with E-state index in [1.807, 2.05) is 0 Å². The monoisotopic (exact) mass is 344 g/mol. The lowest BCUT2D eigenvalue weighted by Crippen LogP contribution is -2.39. The Morgan fingerprint density at radius 1 is 1.42 bits per heavy atom. The van der Waals surface area contributed by atoms with Crippen LogP contribution in [0.3, 0.4) is 0 Å². The van der Waals surface area contributed by atoms with E-state index in [9.17, 15) is 4.39 Å². The fourth-order valence-electron chi connectivity index (χ4n) is 2.46. The summed E-state index contributed by atoms with van der Waals surface area (Å²) in [6.45, 7) is 6.25. The second-order valence-corrected chi connectivity index (χ2v) is 6.55. The first-order valence-electron chi connectivity index (χ1n) is 6.44. The first-order valence-corrected chi connectivity index (χ1v) is 7.64. The summed E-state index contributed by atoms with van der Waals surface area (Å²) in [6.07, 6.45) is 1.09. The Balaban J connectivity index is 2.31. The van der Waals surface area contributed by atoms with Crippen molar-refractivity contribution in [3.8, 4) is 0 Å². The number of nitrogens with two attached hydrogens (primary N) is 1. The van der Waals surface area contributed by atoms with Crippen molar-refractivity contribution in [1.29, 1.82) is 0 Å². The van der Waals surface area contributed by atoms with E-state index in [0.29, 0.717) is 27.6 Å². The number of thiocarbonyl (C=S) groups is 1. The van der Waals surface area contributed by atoms with Crippen molar-refractivity contribution in [1.82, 2.24) is 0 Å². The Kier molecular flexibility index (Phi) is 4.46. The zero-order valence-electron chi connectivity index (χ0n) is 11.1. The van der Waals surface area contributed by atoms with Crippen LogP contribution in [0.25, 0.3) is 0 Å². The molecule has 2 nitrogen and oxygen atoms in total. The smallest absolute Gasteiger partial charge is 0.161 e. The quantitative estimate of drug-likeness (QED) is 0.829. The van der Waals surface area contributed by atoms with Gasteiger partial charge in [0, 0.05) is 18.7 Å². The first kappa shape index (κ1) is 14.7. The van der Waals surface area contributed by atoms with Crippen molar-refractivity contribution >= 4 is 38.8 Å². The lowest BCUT2D eigenvalue weighted by atomic mass is 9.88. The molecule has 0 spiro atoms. The van der Waals surface area contributed by atoms with Crippen LogP contribution in [0.15, 0.2) is 16.6 Å². The van der Waals surface area contributed by atoms with Crippen LogP contribution >= 0.6 is 28.1 Å². The summed E-state index contributed by atoms with van der Waals surface area (Å²) >= 11 is 8.17. The zero-order chi connectivity index (χ0) is 14.2. The van der Waals surface area contributed by atoms with E-state index in [-0.39, 0.29) is 10.8 Å². The van der Waals surface area contributed by atoms with Gasteiger partial charge in [-0.1, -0.05) is 26.1 Å². The summed E-state index contributed by atoms with van der Waals surface area (Å²) in [5.41, 5.74) is 6.75. The SMILES string of the molecule is CC1CCN(c2ccc(C(N)=S)c(Br)c2F)CC1C. The maximum Gasteiger partial charge on any atom is 0.161 e. The van der Waals surface area contributed by atoms with Gasteiger partial charge in [0.05, 0.1) is 10.2 Å². The van der Waals surface area contributed by atoms with Crippen molar-refractivity contribution in [2.24, 2.45) is 17.6 Å². The van der Waals surface area contributed by atoms with Crippen LogP contribution < -0.4 is 10.6 Å². The number of benzene rings is 1. The fraction of sp³-hybridized carbons (Fsp3) is 0.500. The van der Waals surface area contributed by atoms with Gasteiger partial charge in [0.1, 0.15) is 4.99 Å². The predicted molar refractivity (Wildman–Crippen MR) is 85.1 cm³/mol. The van der Waals surface area contributed by atoms with Crippen molar-refractivity contribution in [3.63, 3.8) is 0 Å². The number of hydrogen-bond acceptors (Lipinski definition) is 2. The van der Waals surface area contributed by atoms with Crippen LogP contribution in [0.5, 0.6) is 0 Å². The lowest BCUT2D eigenvalue weighted by Gasteiger charge is -2.37. The zero-order valence-corrected chi connectivity index (χ0v) is 13.5. The molecule has 0 saturated carbocycles. The number of nitrogens with zero attached hydrogens (tertiary/aromatic N) is 1. The highest BCUT2D eigenvalue weighted by Gasteiger charge is 2.25. The van der Waals surface area contributed by atoms with Gasteiger partial charge in [-0.15, -0.1) is 0 Å². The standard InChI is InChI=1S/C14H18BrFN2S/c1-8-5-6-18(7-9(8)2)11-4-3-10(14(17)19)12(15)13(11)16/h3-4,8-9H,5-7H2,1-2H3,(H2,17,19). The number of halogens is 2. The van der Waals surface area contributed by atoms with Gasteiger partial charge in [0.15, 0.2) is 5.82 Å².